The second-order valence-corrected chi connectivity index (χ2v) is 13.2. The lowest BCUT2D eigenvalue weighted by atomic mass is 10.00. The summed E-state index contributed by atoms with van der Waals surface area (Å²) < 4.78 is 7.08. The summed E-state index contributed by atoms with van der Waals surface area (Å²) in [4.78, 5) is 48.5. The number of piperazine rings is 1. The fraction of sp³-hybridized carbons (Fsp3) is 0.333. The molecule has 4 aromatic rings. The van der Waals surface area contributed by atoms with Gasteiger partial charge in [-0.3, -0.25) is 19.8 Å². The molecule has 0 spiro atoms. The number of thiophene rings is 1. The van der Waals surface area contributed by atoms with E-state index < -0.39 is 6.09 Å². The molecule has 0 bridgehead atoms. The molecule has 6 rings (SSSR count). The van der Waals surface area contributed by atoms with Crippen LogP contribution in [-0.2, 0) is 24.7 Å². The Balaban J connectivity index is 1.23. The lowest BCUT2D eigenvalue weighted by Crippen LogP contribution is -2.48. The molecular formula is C33H35ClN6O4S. The average molecular weight is 647 g/mol. The number of fused-ring (bicyclic) bond motifs is 1. The van der Waals surface area contributed by atoms with E-state index in [2.05, 4.69) is 15.6 Å². The highest BCUT2D eigenvalue weighted by molar-refractivity contribution is 7.14. The van der Waals surface area contributed by atoms with Gasteiger partial charge >= 0.3 is 6.09 Å². The molecule has 12 heteroatoms. The maximum atomic E-state index is 13.1. The Morgan fingerprint density at radius 3 is 2.56 bits per heavy atom. The van der Waals surface area contributed by atoms with Crippen molar-refractivity contribution in [1.82, 2.24) is 19.4 Å². The van der Waals surface area contributed by atoms with E-state index in [1.54, 1.807) is 30.3 Å². The summed E-state index contributed by atoms with van der Waals surface area (Å²) in [5.74, 6) is 0.181. The van der Waals surface area contributed by atoms with Gasteiger partial charge in [0.25, 0.3) is 5.56 Å². The molecule has 2 aliphatic rings. The van der Waals surface area contributed by atoms with Crippen LogP contribution in [0.1, 0.15) is 40.5 Å². The molecule has 2 aromatic carbocycles. The molecule has 1 aliphatic carbocycles. The normalized spacial score (nSPS) is 16.8. The lowest BCUT2D eigenvalue weighted by Gasteiger charge is -2.37. The largest absolute Gasteiger partial charge is 0.417 e. The van der Waals surface area contributed by atoms with Crippen LogP contribution >= 0.6 is 22.9 Å². The number of nitrogens with zero attached hydrogens (tertiary/aromatic N) is 4. The van der Waals surface area contributed by atoms with Crippen LogP contribution in [0.2, 0.25) is 5.02 Å². The highest BCUT2D eigenvalue weighted by atomic mass is 35.5. The molecule has 2 amide bonds. The first kappa shape index (κ1) is 30.8. The number of rotatable bonds is 6. The number of carbonyl (C=O) groups excluding carboxylic acids is 2. The SMILES string of the molecule is Cc1c(NC(=O)Oc2cc3c(s2)CCCC3)cc(Cl)cc1-c1cn(C)c(=O)c(Nc2ccc(C3C(=O)N(C)CCN3C)cc2)n1. The smallest absolute Gasteiger partial charge is 0.399 e. The molecule has 1 unspecified atom stereocenters. The number of nitrogens with one attached hydrogen (secondary N) is 2. The summed E-state index contributed by atoms with van der Waals surface area (Å²) in [5, 5.41) is 6.94. The molecule has 1 fully saturated rings. The number of benzene rings is 2. The molecule has 1 aliphatic heterocycles. The highest BCUT2D eigenvalue weighted by Gasteiger charge is 2.32. The molecule has 0 saturated carbocycles. The van der Waals surface area contributed by atoms with Crippen LogP contribution in [0.3, 0.4) is 0 Å². The fourth-order valence-electron chi connectivity index (χ4n) is 5.86. The van der Waals surface area contributed by atoms with E-state index in [-0.39, 0.29) is 23.3 Å². The van der Waals surface area contributed by atoms with Crippen molar-refractivity contribution in [3.05, 3.63) is 85.6 Å². The van der Waals surface area contributed by atoms with E-state index in [0.717, 1.165) is 43.4 Å². The monoisotopic (exact) mass is 646 g/mol. The van der Waals surface area contributed by atoms with Crippen molar-refractivity contribution in [2.24, 2.45) is 7.05 Å². The number of carbonyl (C=O) groups is 2. The zero-order valence-electron chi connectivity index (χ0n) is 25.6. The predicted octanol–water partition coefficient (Wildman–Crippen LogP) is 6.15. The molecule has 0 radical (unpaired) electrons. The van der Waals surface area contributed by atoms with Gasteiger partial charge in [0.15, 0.2) is 10.9 Å². The Morgan fingerprint density at radius 1 is 1.04 bits per heavy atom. The first-order chi connectivity index (χ1) is 21.6. The standard InChI is InChI=1S/C33H35ClN6O4S/c1-19-24(16-22(34)17-25(19)37-33(43)44-28-15-21-7-5-6-8-27(21)45-28)26-18-40(4)32(42)30(36-26)35-23-11-9-20(10-12-23)29-31(41)39(3)14-13-38(29)2/h9-12,15-18,29H,5-8,13-14H2,1-4H3,(H,35,36)(H,37,43). The third-order valence-corrected chi connectivity index (χ3v) is 9.79. The van der Waals surface area contributed by atoms with Crippen molar-refractivity contribution < 1.29 is 14.3 Å². The Bertz CT molecular complexity index is 1810. The van der Waals surface area contributed by atoms with Gasteiger partial charge in [0.1, 0.15) is 6.04 Å². The Labute approximate surface area is 270 Å². The van der Waals surface area contributed by atoms with Gasteiger partial charge < -0.3 is 19.5 Å². The maximum absolute atomic E-state index is 13.1. The molecule has 3 heterocycles. The van der Waals surface area contributed by atoms with Gasteiger partial charge in [-0.2, -0.15) is 0 Å². The summed E-state index contributed by atoms with van der Waals surface area (Å²) in [5.41, 5.74) is 4.83. The van der Waals surface area contributed by atoms with Crippen molar-refractivity contribution in [2.45, 2.75) is 38.6 Å². The maximum Gasteiger partial charge on any atom is 0.417 e. The number of ether oxygens (including phenoxy) is 1. The van der Waals surface area contributed by atoms with Crippen molar-refractivity contribution in [3.63, 3.8) is 0 Å². The Kier molecular flexibility index (Phi) is 8.67. The van der Waals surface area contributed by atoms with Crippen LogP contribution in [-0.4, -0.2) is 58.5 Å². The fourth-order valence-corrected chi connectivity index (χ4v) is 7.18. The number of aryl methyl sites for hydroxylation is 3. The van der Waals surface area contributed by atoms with E-state index >= 15 is 0 Å². The van der Waals surface area contributed by atoms with E-state index in [0.29, 0.717) is 39.3 Å². The summed E-state index contributed by atoms with van der Waals surface area (Å²) in [6, 6.07) is 12.5. The second kappa shape index (κ2) is 12.7. The van der Waals surface area contributed by atoms with Gasteiger partial charge in [-0.25, -0.2) is 9.78 Å². The zero-order valence-corrected chi connectivity index (χ0v) is 27.2. The van der Waals surface area contributed by atoms with E-state index in [4.69, 9.17) is 16.3 Å². The van der Waals surface area contributed by atoms with Gasteiger partial charge in [-0.15, -0.1) is 11.3 Å². The lowest BCUT2D eigenvalue weighted by molar-refractivity contribution is -0.139. The molecule has 2 aromatic heterocycles. The van der Waals surface area contributed by atoms with E-state index in [9.17, 15) is 14.4 Å². The number of likely N-dealkylation sites (N-methyl/N-ethyl adjacent to an activating group) is 2. The summed E-state index contributed by atoms with van der Waals surface area (Å²) in [6.07, 6.45) is 5.38. The van der Waals surface area contributed by atoms with Gasteiger partial charge in [-0.05, 0) is 86.7 Å². The number of halogens is 1. The minimum Gasteiger partial charge on any atom is -0.399 e. The van der Waals surface area contributed by atoms with Crippen molar-refractivity contribution >= 4 is 52.1 Å². The molecule has 2 N–H and O–H groups in total. The molecule has 234 valence electrons. The summed E-state index contributed by atoms with van der Waals surface area (Å²) in [7, 11) is 5.41. The minimum atomic E-state index is -0.600. The van der Waals surface area contributed by atoms with E-state index in [1.807, 2.05) is 56.3 Å². The topological polar surface area (TPSA) is 109 Å². The van der Waals surface area contributed by atoms with Crippen molar-refractivity contribution in [2.75, 3.05) is 37.8 Å². The molecule has 45 heavy (non-hydrogen) atoms. The minimum absolute atomic E-state index is 0.0527. The van der Waals surface area contributed by atoms with Crippen LogP contribution in [0.15, 0.2) is 53.5 Å². The number of anilines is 3. The number of hydrogen-bond acceptors (Lipinski definition) is 8. The van der Waals surface area contributed by atoms with Crippen LogP contribution in [0.4, 0.5) is 22.0 Å². The predicted molar refractivity (Wildman–Crippen MR) is 178 cm³/mol. The first-order valence-electron chi connectivity index (χ1n) is 14.9. The summed E-state index contributed by atoms with van der Waals surface area (Å²) in [6.45, 7) is 3.34. The molecule has 10 nitrogen and oxygen atoms in total. The highest BCUT2D eigenvalue weighted by Crippen LogP contribution is 2.36. The molecule has 1 atom stereocenters. The zero-order chi connectivity index (χ0) is 31.8. The average Bonchev–Trinajstić information content (AvgIpc) is 3.42. The quantitative estimate of drug-likeness (QED) is 0.259. The van der Waals surface area contributed by atoms with Gasteiger partial charge in [0.2, 0.25) is 5.91 Å². The summed E-state index contributed by atoms with van der Waals surface area (Å²) >= 11 is 8.02. The first-order valence-corrected chi connectivity index (χ1v) is 16.1. The molecule has 1 saturated heterocycles. The third-order valence-electron chi connectivity index (χ3n) is 8.45. The van der Waals surface area contributed by atoms with Crippen LogP contribution in [0.25, 0.3) is 11.3 Å². The second-order valence-electron chi connectivity index (χ2n) is 11.6. The van der Waals surface area contributed by atoms with Crippen LogP contribution in [0.5, 0.6) is 5.06 Å². The molecular weight excluding hydrogens is 612 g/mol. The van der Waals surface area contributed by atoms with Gasteiger partial charge in [0.05, 0.1) is 5.69 Å². The van der Waals surface area contributed by atoms with Gasteiger partial charge in [0, 0.05) is 60.2 Å². The number of hydrogen-bond donors (Lipinski definition) is 2. The third kappa shape index (κ3) is 6.47. The van der Waals surface area contributed by atoms with Crippen molar-refractivity contribution in [1.29, 1.82) is 0 Å². The Hall–Kier alpha value is -4.19. The van der Waals surface area contributed by atoms with Crippen LogP contribution in [0, 0.1) is 6.92 Å². The van der Waals surface area contributed by atoms with Crippen molar-refractivity contribution in [3.8, 4) is 16.3 Å². The van der Waals surface area contributed by atoms with Gasteiger partial charge in [-0.1, -0.05) is 23.7 Å². The number of amides is 2. The van der Waals surface area contributed by atoms with Crippen LogP contribution < -0.4 is 20.9 Å². The Morgan fingerprint density at radius 2 is 1.80 bits per heavy atom. The van der Waals surface area contributed by atoms with E-state index in [1.165, 1.54) is 26.3 Å². The number of aromatic nitrogens is 2.